The Morgan fingerprint density at radius 1 is 0.636 bits per heavy atom. The predicted octanol–water partition coefficient (Wildman–Crippen LogP) is 5.98. The first-order valence-electron chi connectivity index (χ1n) is 11.6. The summed E-state index contributed by atoms with van der Waals surface area (Å²) in [7, 11) is 0. The highest BCUT2D eigenvalue weighted by Gasteiger charge is 2.12. The molecule has 0 atom stereocenters. The van der Waals surface area contributed by atoms with Gasteiger partial charge < -0.3 is 10.6 Å². The maximum absolute atomic E-state index is 12.7. The summed E-state index contributed by atoms with van der Waals surface area (Å²) in [5, 5.41) is 6.62. The summed E-state index contributed by atoms with van der Waals surface area (Å²) >= 11 is 0. The molecule has 0 saturated heterocycles. The minimum Gasteiger partial charge on any atom is -0.388 e. The van der Waals surface area contributed by atoms with Crippen molar-refractivity contribution in [3.63, 3.8) is 0 Å². The van der Waals surface area contributed by atoms with Crippen molar-refractivity contribution in [2.75, 3.05) is 13.1 Å². The number of nitrogens with one attached hydrogen (secondary N) is 2. The summed E-state index contributed by atoms with van der Waals surface area (Å²) in [5.74, 6) is 0.0687. The Morgan fingerprint density at radius 2 is 0.939 bits per heavy atom. The molecule has 0 unspecified atom stereocenters. The molecule has 0 aliphatic heterocycles. The Kier molecular flexibility index (Phi) is 9.22. The van der Waals surface area contributed by atoms with Gasteiger partial charge in [0, 0.05) is 47.8 Å². The van der Waals surface area contributed by atoms with Crippen LogP contribution in [0.15, 0.2) is 47.8 Å². The van der Waals surface area contributed by atoms with Crippen LogP contribution in [0.2, 0.25) is 0 Å². The Balaban J connectivity index is 1.84. The summed E-state index contributed by atoms with van der Waals surface area (Å²) < 4.78 is 0. The number of carbonyl (C=O) groups excluding carboxylic acids is 2. The SMILES string of the molecule is C/C(=C/C(=O)c1c(C)cc(C)cc1C)NCCCN/C(C)=C\C(=O)c1c(C)cc(C)cc1C. The molecule has 2 rings (SSSR count). The highest BCUT2D eigenvalue weighted by atomic mass is 16.1. The van der Waals surface area contributed by atoms with Gasteiger partial charge in [0.1, 0.15) is 0 Å². The number of allylic oxidation sites excluding steroid dienone is 4. The molecule has 0 saturated carbocycles. The van der Waals surface area contributed by atoms with Gasteiger partial charge in [-0.15, -0.1) is 0 Å². The second-order valence-electron chi connectivity index (χ2n) is 9.14. The quantitative estimate of drug-likeness (QED) is 0.268. The number of carbonyl (C=O) groups is 2. The highest BCUT2D eigenvalue weighted by Crippen LogP contribution is 2.19. The lowest BCUT2D eigenvalue weighted by molar-refractivity contribution is 0.103. The van der Waals surface area contributed by atoms with E-state index in [4.69, 9.17) is 0 Å². The van der Waals surface area contributed by atoms with Gasteiger partial charge in [-0.3, -0.25) is 9.59 Å². The fraction of sp³-hybridized carbons (Fsp3) is 0.379. The van der Waals surface area contributed by atoms with E-state index in [1.807, 2.05) is 79.7 Å². The van der Waals surface area contributed by atoms with Gasteiger partial charge in [0.2, 0.25) is 0 Å². The highest BCUT2D eigenvalue weighted by molar-refractivity contribution is 6.07. The first-order valence-corrected chi connectivity index (χ1v) is 11.6. The maximum atomic E-state index is 12.7. The molecule has 0 heterocycles. The molecule has 0 aliphatic carbocycles. The molecule has 0 aromatic heterocycles. The number of hydrogen-bond acceptors (Lipinski definition) is 4. The van der Waals surface area contributed by atoms with Crippen LogP contribution in [0.4, 0.5) is 0 Å². The largest absolute Gasteiger partial charge is 0.388 e. The van der Waals surface area contributed by atoms with E-state index in [0.717, 1.165) is 64.3 Å². The second-order valence-corrected chi connectivity index (χ2v) is 9.14. The van der Waals surface area contributed by atoms with Gasteiger partial charge >= 0.3 is 0 Å². The van der Waals surface area contributed by atoms with E-state index in [9.17, 15) is 9.59 Å². The average Bonchev–Trinajstić information content (AvgIpc) is 2.65. The van der Waals surface area contributed by atoms with Gasteiger partial charge in [0.05, 0.1) is 0 Å². The molecule has 0 fully saturated rings. The van der Waals surface area contributed by atoms with Gasteiger partial charge in [-0.2, -0.15) is 0 Å². The van der Waals surface area contributed by atoms with Gasteiger partial charge in [-0.25, -0.2) is 0 Å². The molecule has 0 spiro atoms. The van der Waals surface area contributed by atoms with Crippen molar-refractivity contribution in [1.82, 2.24) is 10.6 Å². The maximum Gasteiger partial charge on any atom is 0.188 e. The lowest BCUT2D eigenvalue weighted by Gasteiger charge is -2.11. The van der Waals surface area contributed by atoms with Crippen molar-refractivity contribution < 1.29 is 9.59 Å². The summed E-state index contributed by atoms with van der Waals surface area (Å²) in [6.45, 7) is 17.3. The van der Waals surface area contributed by atoms with Crippen LogP contribution in [0, 0.1) is 41.5 Å². The molecule has 2 aromatic rings. The fourth-order valence-electron chi connectivity index (χ4n) is 4.44. The first kappa shape index (κ1) is 26.1. The van der Waals surface area contributed by atoms with E-state index in [1.54, 1.807) is 12.2 Å². The standard InChI is InChI=1S/C29H38N2O2/c1-18-12-20(3)28(21(4)13-18)26(32)16-24(7)30-10-9-11-31-25(8)17-27(33)29-22(5)14-19(2)15-23(29)6/h12-17,30-31H,9-11H2,1-8H3/b24-16-,25-17-. The zero-order valence-corrected chi connectivity index (χ0v) is 21.4. The molecular formula is C29H38N2O2. The smallest absolute Gasteiger partial charge is 0.188 e. The molecule has 0 aliphatic rings. The van der Waals surface area contributed by atoms with Crippen LogP contribution in [0.25, 0.3) is 0 Å². The summed E-state index contributed by atoms with van der Waals surface area (Å²) in [4.78, 5) is 25.4. The lowest BCUT2D eigenvalue weighted by atomic mass is 9.96. The van der Waals surface area contributed by atoms with Crippen LogP contribution in [0.1, 0.15) is 74.4 Å². The summed E-state index contributed by atoms with van der Waals surface area (Å²) in [6.07, 6.45) is 4.21. The van der Waals surface area contributed by atoms with Crippen LogP contribution in [0.5, 0.6) is 0 Å². The predicted molar refractivity (Wildman–Crippen MR) is 138 cm³/mol. The van der Waals surface area contributed by atoms with E-state index in [1.165, 1.54) is 11.1 Å². The van der Waals surface area contributed by atoms with Gasteiger partial charge in [0.25, 0.3) is 0 Å². The molecule has 4 heteroatoms. The molecule has 2 aromatic carbocycles. The monoisotopic (exact) mass is 446 g/mol. The third-order valence-electron chi connectivity index (χ3n) is 5.70. The molecule has 33 heavy (non-hydrogen) atoms. The van der Waals surface area contributed by atoms with Gasteiger partial charge in [0.15, 0.2) is 11.6 Å². The Bertz CT molecular complexity index is 973. The van der Waals surface area contributed by atoms with Crippen molar-refractivity contribution in [3.05, 3.63) is 92.3 Å². The van der Waals surface area contributed by atoms with Crippen LogP contribution in [-0.2, 0) is 0 Å². The molecule has 0 bridgehead atoms. The van der Waals surface area contributed by atoms with Crippen LogP contribution in [-0.4, -0.2) is 24.7 Å². The Labute approximate surface area is 199 Å². The van der Waals surface area contributed by atoms with Crippen molar-refractivity contribution in [3.8, 4) is 0 Å². The van der Waals surface area contributed by atoms with E-state index in [2.05, 4.69) is 10.6 Å². The van der Waals surface area contributed by atoms with E-state index in [0.29, 0.717) is 0 Å². The molecular weight excluding hydrogens is 408 g/mol. The Hall–Kier alpha value is -3.14. The Morgan fingerprint density at radius 3 is 1.24 bits per heavy atom. The van der Waals surface area contributed by atoms with Crippen molar-refractivity contribution >= 4 is 11.6 Å². The minimum absolute atomic E-state index is 0.0344. The minimum atomic E-state index is 0.0344. The normalized spacial score (nSPS) is 12.0. The van der Waals surface area contributed by atoms with E-state index in [-0.39, 0.29) is 11.6 Å². The number of benzene rings is 2. The van der Waals surface area contributed by atoms with Crippen LogP contribution >= 0.6 is 0 Å². The average molecular weight is 447 g/mol. The number of rotatable bonds is 10. The molecule has 176 valence electrons. The molecule has 2 N–H and O–H groups in total. The van der Waals surface area contributed by atoms with E-state index >= 15 is 0 Å². The molecule has 0 amide bonds. The van der Waals surface area contributed by atoms with Crippen molar-refractivity contribution in [2.45, 2.75) is 61.8 Å². The van der Waals surface area contributed by atoms with E-state index < -0.39 is 0 Å². The number of ketones is 2. The summed E-state index contributed by atoms with van der Waals surface area (Å²) in [5.41, 5.74) is 9.67. The van der Waals surface area contributed by atoms with Gasteiger partial charge in [-0.1, -0.05) is 35.4 Å². The molecule has 0 radical (unpaired) electrons. The lowest BCUT2D eigenvalue weighted by Crippen LogP contribution is -2.21. The number of hydrogen-bond donors (Lipinski definition) is 2. The van der Waals surface area contributed by atoms with Crippen molar-refractivity contribution in [2.24, 2.45) is 0 Å². The van der Waals surface area contributed by atoms with Crippen molar-refractivity contribution in [1.29, 1.82) is 0 Å². The zero-order chi connectivity index (χ0) is 24.7. The molecule has 4 nitrogen and oxygen atoms in total. The zero-order valence-electron chi connectivity index (χ0n) is 21.4. The first-order chi connectivity index (χ1) is 15.5. The summed E-state index contributed by atoms with van der Waals surface area (Å²) in [6, 6.07) is 8.18. The van der Waals surface area contributed by atoms with Crippen LogP contribution in [0.3, 0.4) is 0 Å². The second kappa shape index (κ2) is 11.6. The number of aryl methyl sites for hydroxylation is 6. The third kappa shape index (κ3) is 7.45. The topological polar surface area (TPSA) is 58.2 Å². The fourth-order valence-corrected chi connectivity index (χ4v) is 4.44. The third-order valence-corrected chi connectivity index (χ3v) is 5.70. The van der Waals surface area contributed by atoms with Gasteiger partial charge in [-0.05, 0) is 84.1 Å². The van der Waals surface area contributed by atoms with Crippen LogP contribution < -0.4 is 10.6 Å².